The van der Waals surface area contributed by atoms with Crippen molar-refractivity contribution in [1.29, 1.82) is 0 Å². The monoisotopic (exact) mass is 360 g/mol. The van der Waals surface area contributed by atoms with E-state index in [4.69, 9.17) is 4.74 Å². The van der Waals surface area contributed by atoms with Crippen molar-refractivity contribution in [3.63, 3.8) is 0 Å². The van der Waals surface area contributed by atoms with Gasteiger partial charge in [-0.15, -0.1) is 0 Å². The first-order valence-corrected chi connectivity index (χ1v) is 9.38. The standard InChI is InChI=1S/C23H24N2O2/c26-22(16-25-12-10-18-5-1-2-6-21(18)15-25)17-27-23-9-3-7-19(13-23)20-8-4-11-24-14-20/h1-9,11,13-14,22,26H,10,12,15-17H2. The summed E-state index contributed by atoms with van der Waals surface area (Å²) in [4.78, 5) is 6.45. The first-order valence-electron chi connectivity index (χ1n) is 9.38. The Kier molecular flexibility index (Phi) is 5.47. The van der Waals surface area contributed by atoms with E-state index in [-0.39, 0.29) is 6.61 Å². The quantitative estimate of drug-likeness (QED) is 0.730. The van der Waals surface area contributed by atoms with Crippen molar-refractivity contribution in [1.82, 2.24) is 9.88 Å². The molecule has 4 rings (SSSR count). The van der Waals surface area contributed by atoms with Gasteiger partial charge in [0.15, 0.2) is 0 Å². The van der Waals surface area contributed by atoms with Gasteiger partial charge in [-0.05, 0) is 41.3 Å². The molecule has 27 heavy (non-hydrogen) atoms. The highest BCUT2D eigenvalue weighted by Crippen LogP contribution is 2.23. The van der Waals surface area contributed by atoms with Crippen molar-refractivity contribution in [2.24, 2.45) is 0 Å². The van der Waals surface area contributed by atoms with Gasteiger partial charge in [0.25, 0.3) is 0 Å². The average Bonchev–Trinajstić information content (AvgIpc) is 2.73. The fraction of sp³-hybridized carbons (Fsp3) is 0.261. The molecule has 2 aromatic carbocycles. The van der Waals surface area contributed by atoms with E-state index < -0.39 is 6.10 Å². The topological polar surface area (TPSA) is 45.6 Å². The summed E-state index contributed by atoms with van der Waals surface area (Å²) in [6, 6.07) is 20.4. The molecule has 0 fully saturated rings. The predicted octanol–water partition coefficient (Wildman–Crippen LogP) is 3.55. The van der Waals surface area contributed by atoms with Crippen LogP contribution in [0.5, 0.6) is 5.75 Å². The van der Waals surface area contributed by atoms with Gasteiger partial charge in [0.05, 0.1) is 0 Å². The zero-order chi connectivity index (χ0) is 18.5. The Morgan fingerprint density at radius 2 is 1.85 bits per heavy atom. The molecule has 1 aliphatic rings. The van der Waals surface area contributed by atoms with Crippen LogP contribution in [0.1, 0.15) is 11.1 Å². The maximum Gasteiger partial charge on any atom is 0.120 e. The molecular weight excluding hydrogens is 336 g/mol. The number of aliphatic hydroxyl groups excluding tert-OH is 1. The number of ether oxygens (including phenoxy) is 1. The molecule has 1 atom stereocenters. The summed E-state index contributed by atoms with van der Waals surface area (Å²) >= 11 is 0. The van der Waals surface area contributed by atoms with Crippen molar-refractivity contribution in [3.8, 4) is 16.9 Å². The highest BCUT2D eigenvalue weighted by atomic mass is 16.5. The largest absolute Gasteiger partial charge is 0.491 e. The highest BCUT2D eigenvalue weighted by Gasteiger charge is 2.18. The SMILES string of the molecule is OC(COc1cccc(-c2cccnc2)c1)CN1CCc2ccccc2C1. The van der Waals surface area contributed by atoms with Gasteiger partial charge >= 0.3 is 0 Å². The van der Waals surface area contributed by atoms with E-state index in [1.165, 1.54) is 11.1 Å². The molecule has 1 aliphatic heterocycles. The third-order valence-electron chi connectivity index (χ3n) is 4.95. The maximum atomic E-state index is 10.4. The van der Waals surface area contributed by atoms with Crippen LogP contribution in [0.4, 0.5) is 0 Å². The number of β-amino-alcohol motifs (C(OH)–C–C–N with tert-alkyl or cyclic N) is 1. The van der Waals surface area contributed by atoms with Crippen molar-refractivity contribution >= 4 is 0 Å². The van der Waals surface area contributed by atoms with Crippen molar-refractivity contribution in [3.05, 3.63) is 84.2 Å². The van der Waals surface area contributed by atoms with Gasteiger partial charge in [-0.1, -0.05) is 42.5 Å². The van der Waals surface area contributed by atoms with Crippen LogP contribution in [-0.4, -0.2) is 40.8 Å². The number of fused-ring (bicyclic) bond motifs is 1. The Bertz CT molecular complexity index is 882. The minimum Gasteiger partial charge on any atom is -0.491 e. The van der Waals surface area contributed by atoms with E-state index in [9.17, 15) is 5.11 Å². The summed E-state index contributed by atoms with van der Waals surface area (Å²) in [5, 5.41) is 10.4. The van der Waals surface area contributed by atoms with E-state index >= 15 is 0 Å². The van der Waals surface area contributed by atoms with E-state index in [0.717, 1.165) is 36.4 Å². The number of nitrogens with zero attached hydrogens (tertiary/aromatic N) is 2. The fourth-order valence-corrected chi connectivity index (χ4v) is 3.55. The van der Waals surface area contributed by atoms with Gasteiger partial charge in [-0.2, -0.15) is 0 Å². The van der Waals surface area contributed by atoms with Gasteiger partial charge in [-0.25, -0.2) is 0 Å². The summed E-state index contributed by atoms with van der Waals surface area (Å²) in [6.07, 6.45) is 4.12. The Morgan fingerprint density at radius 3 is 2.70 bits per heavy atom. The summed E-state index contributed by atoms with van der Waals surface area (Å²) in [7, 11) is 0. The minimum absolute atomic E-state index is 0.286. The predicted molar refractivity (Wildman–Crippen MR) is 107 cm³/mol. The molecule has 0 spiro atoms. The lowest BCUT2D eigenvalue weighted by Crippen LogP contribution is -2.38. The lowest BCUT2D eigenvalue weighted by Gasteiger charge is -2.30. The fourth-order valence-electron chi connectivity index (χ4n) is 3.55. The van der Waals surface area contributed by atoms with Gasteiger partial charge in [0.2, 0.25) is 0 Å². The van der Waals surface area contributed by atoms with E-state index in [1.54, 1.807) is 6.20 Å². The molecule has 1 N–H and O–H groups in total. The Morgan fingerprint density at radius 1 is 1.00 bits per heavy atom. The molecule has 1 aromatic heterocycles. The summed E-state index contributed by atoms with van der Waals surface area (Å²) < 4.78 is 5.84. The minimum atomic E-state index is -0.516. The lowest BCUT2D eigenvalue weighted by atomic mass is 10.00. The number of benzene rings is 2. The lowest BCUT2D eigenvalue weighted by molar-refractivity contribution is 0.0638. The average molecular weight is 360 g/mol. The number of hydrogen-bond donors (Lipinski definition) is 1. The zero-order valence-electron chi connectivity index (χ0n) is 15.3. The second-order valence-electron chi connectivity index (χ2n) is 6.99. The van der Waals surface area contributed by atoms with Crippen LogP contribution in [0.25, 0.3) is 11.1 Å². The Balaban J connectivity index is 1.32. The number of hydrogen-bond acceptors (Lipinski definition) is 4. The molecule has 1 unspecified atom stereocenters. The number of aliphatic hydroxyl groups is 1. The van der Waals surface area contributed by atoms with E-state index in [2.05, 4.69) is 34.1 Å². The normalized spacial score (nSPS) is 15.1. The molecule has 0 saturated heterocycles. The molecule has 0 radical (unpaired) electrons. The van der Waals surface area contributed by atoms with Crippen LogP contribution in [-0.2, 0) is 13.0 Å². The smallest absolute Gasteiger partial charge is 0.120 e. The van der Waals surface area contributed by atoms with Gasteiger partial charge < -0.3 is 9.84 Å². The molecule has 0 aliphatic carbocycles. The van der Waals surface area contributed by atoms with Gasteiger partial charge in [-0.3, -0.25) is 9.88 Å². The van der Waals surface area contributed by atoms with Crippen molar-refractivity contribution in [2.75, 3.05) is 19.7 Å². The molecule has 138 valence electrons. The van der Waals surface area contributed by atoms with Crippen molar-refractivity contribution in [2.45, 2.75) is 19.1 Å². The summed E-state index contributed by atoms with van der Waals surface area (Å²) in [6.45, 7) is 2.78. The number of aromatic nitrogens is 1. The summed E-state index contributed by atoms with van der Waals surface area (Å²) in [5.41, 5.74) is 4.89. The van der Waals surface area contributed by atoms with Crippen LogP contribution in [0.3, 0.4) is 0 Å². The highest BCUT2D eigenvalue weighted by molar-refractivity contribution is 5.63. The number of rotatable bonds is 6. The van der Waals surface area contributed by atoms with E-state index in [1.807, 2.05) is 42.6 Å². The molecule has 4 nitrogen and oxygen atoms in total. The molecule has 0 bridgehead atoms. The molecule has 4 heteroatoms. The van der Waals surface area contributed by atoms with Crippen LogP contribution < -0.4 is 4.74 Å². The Hall–Kier alpha value is -2.69. The van der Waals surface area contributed by atoms with Crippen molar-refractivity contribution < 1.29 is 9.84 Å². The molecular formula is C23H24N2O2. The molecule has 2 heterocycles. The molecule has 3 aromatic rings. The number of pyridine rings is 1. The van der Waals surface area contributed by atoms with E-state index in [0.29, 0.717) is 6.54 Å². The Labute approximate surface area is 160 Å². The van der Waals surface area contributed by atoms with Gasteiger partial charge in [0, 0.05) is 37.6 Å². The molecule has 0 amide bonds. The van der Waals surface area contributed by atoms with Crippen LogP contribution >= 0.6 is 0 Å². The van der Waals surface area contributed by atoms with Gasteiger partial charge in [0.1, 0.15) is 18.5 Å². The van der Waals surface area contributed by atoms with Crippen LogP contribution in [0.15, 0.2) is 73.1 Å². The zero-order valence-corrected chi connectivity index (χ0v) is 15.3. The first-order chi connectivity index (χ1) is 13.3. The van der Waals surface area contributed by atoms with Crippen LogP contribution in [0, 0.1) is 0 Å². The summed E-state index contributed by atoms with van der Waals surface area (Å²) in [5.74, 6) is 0.763. The maximum absolute atomic E-state index is 10.4. The third-order valence-corrected chi connectivity index (χ3v) is 4.95. The second-order valence-corrected chi connectivity index (χ2v) is 6.99. The first kappa shape index (κ1) is 17.7. The third kappa shape index (κ3) is 4.54. The molecule has 0 saturated carbocycles. The second kappa shape index (κ2) is 8.33. The van der Waals surface area contributed by atoms with Crippen LogP contribution in [0.2, 0.25) is 0 Å².